The summed E-state index contributed by atoms with van der Waals surface area (Å²) in [6.07, 6.45) is 0. The highest BCUT2D eigenvalue weighted by atomic mass is 35.5. The van der Waals surface area contributed by atoms with Crippen LogP contribution < -0.4 is 4.90 Å². The van der Waals surface area contributed by atoms with Crippen LogP contribution in [0.3, 0.4) is 0 Å². The summed E-state index contributed by atoms with van der Waals surface area (Å²) < 4.78 is 5.12. The quantitative estimate of drug-likeness (QED) is 0.792. The predicted molar refractivity (Wildman–Crippen MR) is 75.1 cm³/mol. The van der Waals surface area contributed by atoms with Crippen molar-refractivity contribution in [2.45, 2.75) is 13.8 Å². The lowest BCUT2D eigenvalue weighted by Gasteiger charge is -2.27. The van der Waals surface area contributed by atoms with Gasteiger partial charge in [0.25, 0.3) is 0 Å². The lowest BCUT2D eigenvalue weighted by Crippen LogP contribution is -2.31. The van der Waals surface area contributed by atoms with Crippen LogP contribution in [-0.4, -0.2) is 26.8 Å². The molecule has 18 heavy (non-hydrogen) atoms. The third-order valence-corrected chi connectivity index (χ3v) is 2.91. The number of ether oxygens (including phenoxy) is 1. The molecule has 0 saturated heterocycles. The number of anilines is 1. The fourth-order valence-corrected chi connectivity index (χ4v) is 2.05. The molecular formula is C14H19ClN2O. The van der Waals surface area contributed by atoms with Crippen LogP contribution in [0.2, 0.25) is 5.02 Å². The van der Waals surface area contributed by atoms with Gasteiger partial charge in [-0.3, -0.25) is 0 Å². The van der Waals surface area contributed by atoms with Crippen molar-refractivity contribution in [1.82, 2.24) is 0 Å². The Balaban J connectivity index is 3.04. The molecule has 0 unspecified atom stereocenters. The van der Waals surface area contributed by atoms with Crippen molar-refractivity contribution in [1.29, 1.82) is 5.26 Å². The maximum absolute atomic E-state index is 9.22. The van der Waals surface area contributed by atoms with Crippen LogP contribution in [0, 0.1) is 17.2 Å². The molecule has 0 atom stereocenters. The molecule has 3 nitrogen and oxygen atoms in total. The van der Waals surface area contributed by atoms with Gasteiger partial charge in [-0.05, 0) is 18.1 Å². The molecule has 0 aromatic heterocycles. The van der Waals surface area contributed by atoms with Crippen LogP contribution in [0.15, 0.2) is 18.2 Å². The third-order valence-electron chi connectivity index (χ3n) is 2.59. The minimum Gasteiger partial charge on any atom is -0.383 e. The Morgan fingerprint density at radius 1 is 1.44 bits per heavy atom. The molecule has 0 amide bonds. The summed E-state index contributed by atoms with van der Waals surface area (Å²) in [5.41, 5.74) is 1.42. The van der Waals surface area contributed by atoms with Crippen molar-refractivity contribution in [3.05, 3.63) is 28.8 Å². The third kappa shape index (κ3) is 3.90. The zero-order chi connectivity index (χ0) is 13.5. The molecule has 0 aliphatic heterocycles. The lowest BCUT2D eigenvalue weighted by molar-refractivity contribution is 0.204. The van der Waals surface area contributed by atoms with Gasteiger partial charge in [-0.1, -0.05) is 31.5 Å². The van der Waals surface area contributed by atoms with Gasteiger partial charge in [0, 0.05) is 20.2 Å². The standard InChI is InChI=1S/C14H19ClN2O/c1-11(2)10-17(7-8-18-3)14-6-4-5-13(15)12(14)9-16/h4-6,11H,7-8,10H2,1-3H3. The maximum Gasteiger partial charge on any atom is 0.103 e. The lowest BCUT2D eigenvalue weighted by atomic mass is 10.1. The number of halogens is 1. The molecule has 0 aliphatic carbocycles. The summed E-state index contributed by atoms with van der Waals surface area (Å²) in [6.45, 7) is 6.55. The predicted octanol–water partition coefficient (Wildman–Crippen LogP) is 3.32. The van der Waals surface area contributed by atoms with E-state index in [-0.39, 0.29) is 0 Å². The van der Waals surface area contributed by atoms with E-state index in [1.54, 1.807) is 13.2 Å². The fourth-order valence-electron chi connectivity index (χ4n) is 1.84. The minimum absolute atomic E-state index is 0.501. The Bertz CT molecular complexity index is 426. The number of benzene rings is 1. The largest absolute Gasteiger partial charge is 0.383 e. The molecule has 1 rings (SSSR count). The number of methoxy groups -OCH3 is 1. The highest BCUT2D eigenvalue weighted by Gasteiger charge is 2.14. The number of nitrogens with zero attached hydrogens (tertiary/aromatic N) is 2. The average Bonchev–Trinajstić information content (AvgIpc) is 2.33. The number of hydrogen-bond acceptors (Lipinski definition) is 3. The first-order valence-electron chi connectivity index (χ1n) is 6.02. The van der Waals surface area contributed by atoms with E-state index in [4.69, 9.17) is 16.3 Å². The molecule has 0 aliphatic rings. The first-order valence-corrected chi connectivity index (χ1v) is 6.40. The first kappa shape index (κ1) is 14.8. The van der Waals surface area contributed by atoms with Crippen molar-refractivity contribution in [2.75, 3.05) is 31.7 Å². The Labute approximate surface area is 114 Å². The molecular weight excluding hydrogens is 248 g/mol. The van der Waals surface area contributed by atoms with E-state index < -0.39 is 0 Å². The smallest absolute Gasteiger partial charge is 0.103 e. The van der Waals surface area contributed by atoms with Crippen molar-refractivity contribution in [3.63, 3.8) is 0 Å². The van der Waals surface area contributed by atoms with Crippen molar-refractivity contribution < 1.29 is 4.74 Å². The monoisotopic (exact) mass is 266 g/mol. The van der Waals surface area contributed by atoms with Gasteiger partial charge in [0.2, 0.25) is 0 Å². The number of hydrogen-bond donors (Lipinski definition) is 0. The molecule has 1 aromatic carbocycles. The molecule has 0 bridgehead atoms. The van der Waals surface area contributed by atoms with Crippen LogP contribution in [0.25, 0.3) is 0 Å². The van der Waals surface area contributed by atoms with Gasteiger partial charge in [-0.25, -0.2) is 0 Å². The first-order chi connectivity index (χ1) is 8.60. The highest BCUT2D eigenvalue weighted by Crippen LogP contribution is 2.27. The molecule has 0 spiro atoms. The summed E-state index contributed by atoms with van der Waals surface area (Å²) in [4.78, 5) is 2.15. The maximum atomic E-state index is 9.22. The van der Waals surface area contributed by atoms with Gasteiger partial charge >= 0.3 is 0 Å². The van der Waals surface area contributed by atoms with E-state index >= 15 is 0 Å². The Morgan fingerprint density at radius 2 is 2.17 bits per heavy atom. The topological polar surface area (TPSA) is 36.3 Å². The summed E-state index contributed by atoms with van der Waals surface area (Å²) >= 11 is 6.06. The summed E-state index contributed by atoms with van der Waals surface area (Å²) in [5.74, 6) is 0.507. The van der Waals surface area contributed by atoms with Gasteiger partial charge in [0.15, 0.2) is 0 Å². The number of rotatable bonds is 6. The van der Waals surface area contributed by atoms with Crippen molar-refractivity contribution >= 4 is 17.3 Å². The second kappa shape index (κ2) is 7.25. The van der Waals surface area contributed by atoms with Crippen LogP contribution in [-0.2, 0) is 4.74 Å². The fraction of sp³-hybridized carbons (Fsp3) is 0.500. The highest BCUT2D eigenvalue weighted by molar-refractivity contribution is 6.32. The molecule has 0 radical (unpaired) electrons. The molecule has 0 fully saturated rings. The van der Waals surface area contributed by atoms with E-state index in [0.29, 0.717) is 23.1 Å². The number of nitriles is 1. The van der Waals surface area contributed by atoms with Gasteiger partial charge < -0.3 is 9.64 Å². The SMILES string of the molecule is COCCN(CC(C)C)c1cccc(Cl)c1C#N. The Hall–Kier alpha value is -1.24. The van der Waals surface area contributed by atoms with E-state index in [1.165, 1.54) is 0 Å². The summed E-state index contributed by atoms with van der Waals surface area (Å²) in [6, 6.07) is 7.73. The van der Waals surface area contributed by atoms with Crippen molar-refractivity contribution in [3.8, 4) is 6.07 Å². The molecule has 0 heterocycles. The van der Waals surface area contributed by atoms with E-state index in [9.17, 15) is 5.26 Å². The summed E-state index contributed by atoms with van der Waals surface area (Å²) in [7, 11) is 1.68. The van der Waals surface area contributed by atoms with E-state index in [0.717, 1.165) is 18.8 Å². The minimum atomic E-state index is 0.501. The second-order valence-electron chi connectivity index (χ2n) is 4.58. The molecule has 1 aromatic rings. The van der Waals surface area contributed by atoms with Gasteiger partial charge in [0.05, 0.1) is 22.9 Å². The Kier molecular flexibility index (Phi) is 5.97. The van der Waals surface area contributed by atoms with Crippen LogP contribution >= 0.6 is 11.6 Å². The zero-order valence-corrected chi connectivity index (χ0v) is 11.9. The van der Waals surface area contributed by atoms with E-state index in [2.05, 4.69) is 24.8 Å². The average molecular weight is 267 g/mol. The van der Waals surface area contributed by atoms with Gasteiger partial charge in [0.1, 0.15) is 6.07 Å². The molecule has 0 saturated carbocycles. The summed E-state index contributed by atoms with van der Waals surface area (Å²) in [5, 5.41) is 9.72. The second-order valence-corrected chi connectivity index (χ2v) is 4.99. The molecule has 98 valence electrons. The van der Waals surface area contributed by atoms with Crippen LogP contribution in [0.4, 0.5) is 5.69 Å². The van der Waals surface area contributed by atoms with Gasteiger partial charge in [-0.15, -0.1) is 0 Å². The molecule has 4 heteroatoms. The van der Waals surface area contributed by atoms with E-state index in [1.807, 2.05) is 12.1 Å². The normalized spacial score (nSPS) is 10.4. The zero-order valence-electron chi connectivity index (χ0n) is 11.1. The van der Waals surface area contributed by atoms with Crippen LogP contribution in [0.1, 0.15) is 19.4 Å². The van der Waals surface area contributed by atoms with Crippen molar-refractivity contribution in [2.24, 2.45) is 5.92 Å². The van der Waals surface area contributed by atoms with Crippen LogP contribution in [0.5, 0.6) is 0 Å². The van der Waals surface area contributed by atoms with Gasteiger partial charge in [-0.2, -0.15) is 5.26 Å². The molecule has 0 N–H and O–H groups in total. The Morgan fingerprint density at radius 3 is 2.72 bits per heavy atom.